The number of benzene rings is 2. The van der Waals surface area contributed by atoms with Crippen molar-refractivity contribution in [2.45, 2.75) is 62.5 Å². The maximum Gasteiger partial charge on any atom is 0.404 e. The third kappa shape index (κ3) is 6.95. The van der Waals surface area contributed by atoms with Crippen molar-refractivity contribution in [2.75, 3.05) is 26.9 Å². The van der Waals surface area contributed by atoms with Gasteiger partial charge in [0.2, 0.25) is 10.0 Å². The van der Waals surface area contributed by atoms with Gasteiger partial charge in [0.1, 0.15) is 18.0 Å². The Bertz CT molecular complexity index is 1210. The molecule has 0 aliphatic carbocycles. The van der Waals surface area contributed by atoms with Crippen molar-refractivity contribution >= 4 is 16.1 Å². The molecule has 0 saturated carbocycles. The predicted octanol–water partition coefficient (Wildman–Crippen LogP) is 3.18. The first-order valence-corrected chi connectivity index (χ1v) is 15.1. The lowest BCUT2D eigenvalue weighted by atomic mass is 9.77. The van der Waals surface area contributed by atoms with Gasteiger partial charge in [-0.2, -0.15) is 4.31 Å². The van der Waals surface area contributed by atoms with E-state index in [2.05, 4.69) is 0 Å². The van der Waals surface area contributed by atoms with Crippen molar-refractivity contribution < 1.29 is 37.3 Å². The largest absolute Gasteiger partial charge is 0.497 e. The molecule has 2 saturated heterocycles. The first-order valence-electron chi connectivity index (χ1n) is 13.7. The van der Waals surface area contributed by atoms with Crippen LogP contribution in [0.2, 0.25) is 0 Å². The lowest BCUT2D eigenvalue weighted by Gasteiger charge is -2.46. The highest BCUT2D eigenvalue weighted by atomic mass is 32.2. The number of hydrogen-bond acceptors (Lipinski definition) is 8. The monoisotopic (exact) mass is 576 g/mol. The van der Waals surface area contributed by atoms with Gasteiger partial charge in [0, 0.05) is 18.9 Å². The van der Waals surface area contributed by atoms with E-state index in [0.717, 1.165) is 5.56 Å². The quantitative estimate of drug-likeness (QED) is 0.393. The summed E-state index contributed by atoms with van der Waals surface area (Å²) in [5, 5.41) is 12.1. The minimum Gasteiger partial charge on any atom is -0.497 e. The molecule has 2 aromatic rings. The van der Waals surface area contributed by atoms with Gasteiger partial charge in [-0.1, -0.05) is 44.2 Å². The number of carbonyl (C=O) groups excluding carboxylic acids is 1. The van der Waals surface area contributed by atoms with Gasteiger partial charge >= 0.3 is 6.09 Å². The zero-order valence-electron chi connectivity index (χ0n) is 23.2. The van der Waals surface area contributed by atoms with Crippen LogP contribution in [0.1, 0.15) is 32.3 Å². The van der Waals surface area contributed by atoms with Crippen LogP contribution in [0.4, 0.5) is 4.79 Å². The summed E-state index contributed by atoms with van der Waals surface area (Å²) >= 11 is 0. The Labute approximate surface area is 236 Å². The van der Waals surface area contributed by atoms with Crippen LogP contribution < -0.4 is 10.5 Å². The smallest absolute Gasteiger partial charge is 0.404 e. The molecule has 2 heterocycles. The van der Waals surface area contributed by atoms with Crippen LogP contribution in [-0.4, -0.2) is 75.3 Å². The number of aliphatic hydroxyl groups is 1. The molecular weight excluding hydrogens is 536 g/mol. The van der Waals surface area contributed by atoms with Gasteiger partial charge in [0.05, 0.1) is 31.3 Å². The summed E-state index contributed by atoms with van der Waals surface area (Å²) in [7, 11) is -2.60. The van der Waals surface area contributed by atoms with Crippen molar-refractivity contribution in [1.29, 1.82) is 0 Å². The van der Waals surface area contributed by atoms with E-state index < -0.39 is 40.7 Å². The summed E-state index contributed by atoms with van der Waals surface area (Å²) in [6, 6.07) is 14.5. The second-order valence-corrected chi connectivity index (χ2v) is 12.7. The highest BCUT2D eigenvalue weighted by Gasteiger charge is 2.51. The van der Waals surface area contributed by atoms with Crippen LogP contribution in [-0.2, 0) is 30.7 Å². The number of methoxy groups -OCH3 is 1. The Kier molecular flexibility index (Phi) is 10.1. The van der Waals surface area contributed by atoms with Crippen LogP contribution >= 0.6 is 0 Å². The molecule has 2 fully saturated rings. The van der Waals surface area contributed by atoms with Gasteiger partial charge in [0.25, 0.3) is 0 Å². The van der Waals surface area contributed by atoms with Crippen LogP contribution in [0.15, 0.2) is 59.5 Å². The average Bonchev–Trinajstić information content (AvgIpc) is 3.42. The summed E-state index contributed by atoms with van der Waals surface area (Å²) in [5.41, 5.74) is 6.27. The van der Waals surface area contributed by atoms with Gasteiger partial charge in [-0.15, -0.1) is 0 Å². The zero-order valence-corrected chi connectivity index (χ0v) is 24.0. The molecule has 40 heavy (non-hydrogen) atoms. The zero-order chi connectivity index (χ0) is 28.9. The number of hydrogen-bond donors (Lipinski definition) is 2. The molecule has 0 bridgehead atoms. The molecular formula is C29H40N2O8S. The number of nitrogens with two attached hydrogens (primary N) is 1. The molecule has 3 N–H and O–H groups in total. The Hall–Kier alpha value is -2.70. The molecule has 0 spiro atoms. The molecule has 2 aliphatic heterocycles. The lowest BCUT2D eigenvalue weighted by molar-refractivity contribution is -0.180. The Morgan fingerprint density at radius 2 is 1.73 bits per heavy atom. The molecule has 1 amide bonds. The Morgan fingerprint density at radius 3 is 2.33 bits per heavy atom. The third-order valence-electron chi connectivity index (χ3n) is 7.63. The first-order chi connectivity index (χ1) is 19.1. The van der Waals surface area contributed by atoms with E-state index in [-0.39, 0.29) is 35.6 Å². The topological polar surface area (TPSA) is 138 Å². The number of rotatable bonds is 12. The fraction of sp³-hybridized carbons (Fsp3) is 0.552. The minimum atomic E-state index is -4.11. The number of fused-ring (bicyclic) bond motifs is 1. The van der Waals surface area contributed by atoms with Crippen LogP contribution in [0, 0.1) is 17.8 Å². The average molecular weight is 577 g/mol. The first kappa shape index (κ1) is 30.3. The number of ether oxygens (including phenoxy) is 4. The second kappa shape index (κ2) is 13.3. The molecule has 2 aliphatic rings. The SMILES string of the molecule is COc1ccc(S(=O)(=O)N(CC(C)C)C([C@H]2CCO[C@@H]3OCC[C@@H]32)[C@H](O)[C@H](Cc2ccccc2)OC(N)=O)cc1. The van der Waals surface area contributed by atoms with Gasteiger partial charge in [-0.05, 0) is 54.5 Å². The Morgan fingerprint density at radius 1 is 1.07 bits per heavy atom. The van der Waals surface area contributed by atoms with Crippen LogP contribution in [0.25, 0.3) is 0 Å². The number of sulfonamides is 1. The summed E-state index contributed by atoms with van der Waals surface area (Å²) in [5.74, 6) is -0.000203. The van der Waals surface area contributed by atoms with E-state index in [0.29, 0.717) is 31.8 Å². The third-order valence-corrected chi connectivity index (χ3v) is 9.50. The number of amides is 1. The number of aliphatic hydroxyl groups excluding tert-OH is 1. The number of primary amides is 1. The molecule has 2 aromatic carbocycles. The van der Waals surface area contributed by atoms with E-state index in [4.69, 9.17) is 24.7 Å². The molecule has 11 heteroatoms. The van der Waals surface area contributed by atoms with E-state index >= 15 is 0 Å². The fourth-order valence-electron chi connectivity index (χ4n) is 5.83. The van der Waals surface area contributed by atoms with Crippen molar-refractivity contribution in [1.82, 2.24) is 4.31 Å². The lowest BCUT2D eigenvalue weighted by Crippen LogP contribution is -2.59. The molecule has 10 nitrogen and oxygen atoms in total. The number of carbonyl (C=O) groups is 1. The Balaban J connectivity index is 1.81. The molecule has 4 rings (SSSR count). The molecule has 0 radical (unpaired) electrons. The minimum absolute atomic E-state index is 0.0668. The van der Waals surface area contributed by atoms with E-state index in [1.165, 1.54) is 23.5 Å². The maximum absolute atomic E-state index is 14.3. The van der Waals surface area contributed by atoms with Crippen molar-refractivity contribution in [3.8, 4) is 5.75 Å². The van der Waals surface area contributed by atoms with Crippen molar-refractivity contribution in [3.63, 3.8) is 0 Å². The van der Waals surface area contributed by atoms with Crippen molar-refractivity contribution in [3.05, 3.63) is 60.2 Å². The van der Waals surface area contributed by atoms with Gasteiger partial charge < -0.3 is 29.8 Å². The normalized spacial score (nSPS) is 23.4. The van der Waals surface area contributed by atoms with E-state index in [9.17, 15) is 18.3 Å². The standard InChI is InChI=1S/C29H40N2O8S/c1-19(2)18-31(40(34,35)22-11-9-21(36-3)10-12-22)26(23-13-15-37-28-24(23)14-16-38-28)27(32)25(39-29(30)33)17-20-7-5-4-6-8-20/h4-12,19,23-28,32H,13-18H2,1-3H3,(H2,30,33)/t23-,24+,25-,26?,27+,28+/m0/s1. The van der Waals surface area contributed by atoms with Crippen molar-refractivity contribution in [2.24, 2.45) is 23.5 Å². The van der Waals surface area contributed by atoms with Crippen LogP contribution in [0.5, 0.6) is 5.75 Å². The number of nitrogens with zero attached hydrogens (tertiary/aromatic N) is 1. The highest BCUT2D eigenvalue weighted by Crippen LogP contribution is 2.42. The van der Waals surface area contributed by atoms with E-state index in [1.807, 2.05) is 44.2 Å². The van der Waals surface area contributed by atoms with Gasteiger partial charge in [-0.3, -0.25) is 0 Å². The molecule has 1 unspecified atom stereocenters. The summed E-state index contributed by atoms with van der Waals surface area (Å²) in [4.78, 5) is 12.1. The molecule has 220 valence electrons. The summed E-state index contributed by atoms with van der Waals surface area (Å²) in [6.45, 7) is 4.82. The molecule has 6 atom stereocenters. The van der Waals surface area contributed by atoms with E-state index in [1.54, 1.807) is 12.1 Å². The second-order valence-electron chi connectivity index (χ2n) is 10.8. The van der Waals surface area contributed by atoms with Gasteiger partial charge in [0.15, 0.2) is 6.29 Å². The summed E-state index contributed by atoms with van der Waals surface area (Å²) < 4.78 is 52.4. The predicted molar refractivity (Wildman–Crippen MR) is 148 cm³/mol. The molecule has 0 aromatic heterocycles. The highest BCUT2D eigenvalue weighted by molar-refractivity contribution is 7.89. The maximum atomic E-state index is 14.3. The fourth-order valence-corrected chi connectivity index (χ4v) is 7.68. The van der Waals surface area contributed by atoms with Crippen LogP contribution in [0.3, 0.4) is 0 Å². The van der Waals surface area contributed by atoms with Gasteiger partial charge in [-0.25, -0.2) is 13.2 Å². The summed E-state index contributed by atoms with van der Waals surface area (Å²) in [6.07, 6.45) is -2.67.